The zero-order valence-electron chi connectivity index (χ0n) is 8.59. The highest BCUT2D eigenvalue weighted by molar-refractivity contribution is 5.81. The van der Waals surface area contributed by atoms with Gasteiger partial charge in [-0.15, -0.1) is 0 Å². The standard InChI is InChI=1S/C12H16N2/c1-2-3-4-8-11-10-7-5-6-9-12(10)14-13-11/h5-7,9H,2-4,8H2,1H3,(H,13,14). The molecule has 2 heteroatoms. The van der Waals surface area contributed by atoms with Crippen molar-refractivity contribution < 1.29 is 0 Å². The van der Waals surface area contributed by atoms with Crippen LogP contribution in [0.4, 0.5) is 0 Å². The molecule has 1 N–H and O–H groups in total. The molecule has 0 radical (unpaired) electrons. The Morgan fingerprint density at radius 3 is 2.93 bits per heavy atom. The van der Waals surface area contributed by atoms with Crippen molar-refractivity contribution in [2.45, 2.75) is 32.6 Å². The highest BCUT2D eigenvalue weighted by Crippen LogP contribution is 2.16. The number of H-pyrrole nitrogens is 1. The molecule has 0 bridgehead atoms. The van der Waals surface area contributed by atoms with E-state index in [4.69, 9.17) is 0 Å². The highest BCUT2D eigenvalue weighted by atomic mass is 15.1. The van der Waals surface area contributed by atoms with Crippen LogP contribution in [0.3, 0.4) is 0 Å². The molecular weight excluding hydrogens is 172 g/mol. The van der Waals surface area contributed by atoms with Crippen molar-refractivity contribution >= 4 is 10.9 Å². The van der Waals surface area contributed by atoms with E-state index in [0.29, 0.717) is 0 Å². The predicted octanol–water partition coefficient (Wildman–Crippen LogP) is 3.30. The van der Waals surface area contributed by atoms with Gasteiger partial charge in [0.15, 0.2) is 0 Å². The molecule has 0 saturated carbocycles. The highest BCUT2D eigenvalue weighted by Gasteiger charge is 2.03. The number of hydrogen-bond donors (Lipinski definition) is 1. The van der Waals surface area contributed by atoms with Gasteiger partial charge in [-0.25, -0.2) is 0 Å². The molecule has 0 amide bonds. The van der Waals surface area contributed by atoms with Gasteiger partial charge in [-0.05, 0) is 18.9 Å². The quantitative estimate of drug-likeness (QED) is 0.733. The summed E-state index contributed by atoms with van der Waals surface area (Å²) in [6.45, 7) is 2.22. The maximum Gasteiger partial charge on any atom is 0.0700 e. The molecule has 0 aliphatic carbocycles. The van der Waals surface area contributed by atoms with E-state index in [0.717, 1.165) is 11.9 Å². The number of aromatic nitrogens is 2. The van der Waals surface area contributed by atoms with Crippen molar-refractivity contribution in [3.8, 4) is 0 Å². The summed E-state index contributed by atoms with van der Waals surface area (Å²) in [6.07, 6.45) is 4.90. The molecule has 0 saturated heterocycles. The van der Waals surface area contributed by atoms with E-state index < -0.39 is 0 Å². The molecule has 14 heavy (non-hydrogen) atoms. The fraction of sp³-hybridized carbons (Fsp3) is 0.417. The zero-order chi connectivity index (χ0) is 9.80. The Bertz CT molecular complexity index is 403. The first-order chi connectivity index (χ1) is 6.92. The third-order valence-electron chi connectivity index (χ3n) is 2.57. The summed E-state index contributed by atoms with van der Waals surface area (Å²) < 4.78 is 0. The summed E-state index contributed by atoms with van der Waals surface area (Å²) in [5.74, 6) is 0. The summed E-state index contributed by atoms with van der Waals surface area (Å²) in [4.78, 5) is 0. The fourth-order valence-corrected chi connectivity index (χ4v) is 1.75. The lowest BCUT2D eigenvalue weighted by atomic mass is 10.1. The van der Waals surface area contributed by atoms with Gasteiger partial charge in [0.05, 0.1) is 11.2 Å². The molecule has 1 aromatic heterocycles. The lowest BCUT2D eigenvalue weighted by molar-refractivity contribution is 0.707. The first kappa shape index (κ1) is 9.25. The molecule has 1 heterocycles. The number of unbranched alkanes of at least 4 members (excludes halogenated alkanes) is 2. The zero-order valence-corrected chi connectivity index (χ0v) is 8.59. The average molecular weight is 188 g/mol. The van der Waals surface area contributed by atoms with Gasteiger partial charge < -0.3 is 0 Å². The molecular formula is C12H16N2. The first-order valence-corrected chi connectivity index (χ1v) is 5.34. The Labute approximate surface area is 84.3 Å². The third kappa shape index (κ3) is 1.79. The largest absolute Gasteiger partial charge is 0.278 e. The van der Waals surface area contributed by atoms with Gasteiger partial charge in [0.1, 0.15) is 0 Å². The molecule has 2 aromatic rings. The first-order valence-electron chi connectivity index (χ1n) is 5.34. The van der Waals surface area contributed by atoms with Crippen molar-refractivity contribution in [1.29, 1.82) is 0 Å². The molecule has 1 aromatic carbocycles. The summed E-state index contributed by atoms with van der Waals surface area (Å²) in [7, 11) is 0. The Kier molecular flexibility index (Phi) is 2.82. The Hall–Kier alpha value is -1.31. The molecule has 0 spiro atoms. The van der Waals surface area contributed by atoms with E-state index in [2.05, 4.69) is 35.3 Å². The van der Waals surface area contributed by atoms with E-state index in [1.807, 2.05) is 6.07 Å². The average Bonchev–Trinajstić information content (AvgIpc) is 2.63. The van der Waals surface area contributed by atoms with Crippen LogP contribution < -0.4 is 0 Å². The summed E-state index contributed by atoms with van der Waals surface area (Å²) in [5, 5.41) is 8.69. The summed E-state index contributed by atoms with van der Waals surface area (Å²) >= 11 is 0. The molecule has 0 atom stereocenters. The van der Waals surface area contributed by atoms with Crippen LogP contribution in [0.1, 0.15) is 31.9 Å². The van der Waals surface area contributed by atoms with Crippen LogP contribution in [0.5, 0.6) is 0 Å². The van der Waals surface area contributed by atoms with Crippen LogP contribution in [0, 0.1) is 0 Å². The van der Waals surface area contributed by atoms with E-state index >= 15 is 0 Å². The van der Waals surface area contributed by atoms with Gasteiger partial charge in [-0.1, -0.05) is 38.0 Å². The van der Waals surface area contributed by atoms with Crippen LogP contribution in [0.25, 0.3) is 10.9 Å². The third-order valence-corrected chi connectivity index (χ3v) is 2.57. The van der Waals surface area contributed by atoms with Gasteiger partial charge in [0, 0.05) is 5.39 Å². The predicted molar refractivity (Wildman–Crippen MR) is 59.3 cm³/mol. The van der Waals surface area contributed by atoms with E-state index in [1.54, 1.807) is 0 Å². The van der Waals surface area contributed by atoms with Crippen molar-refractivity contribution in [1.82, 2.24) is 10.2 Å². The second kappa shape index (κ2) is 4.27. The Balaban J connectivity index is 2.17. The number of para-hydroxylation sites is 1. The number of nitrogens with one attached hydrogen (secondary N) is 1. The van der Waals surface area contributed by atoms with Crippen molar-refractivity contribution in [3.63, 3.8) is 0 Å². The number of fused-ring (bicyclic) bond motifs is 1. The SMILES string of the molecule is CCCCCc1n[nH]c2ccccc12. The molecule has 0 aliphatic rings. The second-order valence-electron chi connectivity index (χ2n) is 3.67. The van der Waals surface area contributed by atoms with Crippen LogP contribution >= 0.6 is 0 Å². The minimum Gasteiger partial charge on any atom is -0.278 e. The molecule has 2 rings (SSSR count). The number of aromatic amines is 1. The smallest absolute Gasteiger partial charge is 0.0700 e. The van der Waals surface area contributed by atoms with Crippen molar-refractivity contribution in [2.24, 2.45) is 0 Å². The normalized spacial score (nSPS) is 10.9. The molecule has 0 unspecified atom stereocenters. The monoisotopic (exact) mass is 188 g/mol. The lowest BCUT2D eigenvalue weighted by Crippen LogP contribution is -1.86. The molecule has 2 nitrogen and oxygen atoms in total. The number of nitrogens with zero attached hydrogens (tertiary/aromatic N) is 1. The van der Waals surface area contributed by atoms with E-state index in [9.17, 15) is 0 Å². The molecule has 0 fully saturated rings. The van der Waals surface area contributed by atoms with Crippen molar-refractivity contribution in [3.05, 3.63) is 30.0 Å². The minimum absolute atomic E-state index is 1.10. The van der Waals surface area contributed by atoms with Gasteiger partial charge in [-0.2, -0.15) is 5.10 Å². The summed E-state index contributed by atoms with van der Waals surface area (Å²) in [6, 6.07) is 8.32. The molecule has 74 valence electrons. The van der Waals surface area contributed by atoms with Crippen LogP contribution in [-0.2, 0) is 6.42 Å². The lowest BCUT2D eigenvalue weighted by Gasteiger charge is -1.95. The van der Waals surface area contributed by atoms with Gasteiger partial charge in [0.25, 0.3) is 0 Å². The van der Waals surface area contributed by atoms with Gasteiger partial charge in [0.2, 0.25) is 0 Å². The van der Waals surface area contributed by atoms with E-state index in [-0.39, 0.29) is 0 Å². The fourth-order valence-electron chi connectivity index (χ4n) is 1.75. The maximum atomic E-state index is 4.34. The van der Waals surface area contributed by atoms with Crippen molar-refractivity contribution in [2.75, 3.05) is 0 Å². The number of rotatable bonds is 4. The maximum absolute atomic E-state index is 4.34. The topological polar surface area (TPSA) is 28.7 Å². The number of hydrogen-bond acceptors (Lipinski definition) is 1. The molecule has 0 aliphatic heterocycles. The van der Waals surface area contributed by atoms with Gasteiger partial charge in [-0.3, -0.25) is 5.10 Å². The minimum atomic E-state index is 1.10. The Morgan fingerprint density at radius 2 is 2.07 bits per heavy atom. The van der Waals surface area contributed by atoms with Crippen LogP contribution in [-0.4, -0.2) is 10.2 Å². The van der Waals surface area contributed by atoms with Gasteiger partial charge >= 0.3 is 0 Å². The number of benzene rings is 1. The van der Waals surface area contributed by atoms with E-state index in [1.165, 1.54) is 30.3 Å². The second-order valence-corrected chi connectivity index (χ2v) is 3.67. The van der Waals surface area contributed by atoms with Crippen LogP contribution in [0.15, 0.2) is 24.3 Å². The Morgan fingerprint density at radius 1 is 1.21 bits per heavy atom. The summed E-state index contributed by atoms with van der Waals surface area (Å²) in [5.41, 5.74) is 2.37. The number of aryl methyl sites for hydroxylation is 1. The van der Waals surface area contributed by atoms with Crippen LogP contribution in [0.2, 0.25) is 0 Å².